The molecule has 68 valence electrons. The maximum absolute atomic E-state index is 8.99. The number of hydrogen-bond donors (Lipinski definition) is 1. The lowest BCUT2D eigenvalue weighted by Crippen LogP contribution is -2.56. The average molecular weight is 166 g/mol. The van der Waals surface area contributed by atoms with Crippen LogP contribution in [0.3, 0.4) is 0 Å². The highest BCUT2D eigenvalue weighted by Gasteiger charge is 2.42. The Kier molecular flexibility index (Phi) is 2.74. The first kappa shape index (κ1) is 9.54. The van der Waals surface area contributed by atoms with E-state index >= 15 is 0 Å². The topological polar surface area (TPSA) is 35.8 Å². The van der Waals surface area contributed by atoms with Crippen molar-refractivity contribution < 1.29 is 0 Å². The van der Waals surface area contributed by atoms with Gasteiger partial charge in [-0.1, -0.05) is 13.8 Å². The van der Waals surface area contributed by atoms with Crippen LogP contribution in [0.2, 0.25) is 0 Å². The maximum atomic E-state index is 8.99. The molecule has 1 N–H and O–H groups in total. The van der Waals surface area contributed by atoms with E-state index in [0.29, 0.717) is 6.04 Å². The van der Waals surface area contributed by atoms with E-state index in [2.05, 4.69) is 32.2 Å². The van der Waals surface area contributed by atoms with Crippen LogP contribution < -0.4 is 5.32 Å². The van der Waals surface area contributed by atoms with Crippen molar-refractivity contribution in [1.29, 1.82) is 5.26 Å². The van der Waals surface area contributed by atoms with Crippen LogP contribution in [0.4, 0.5) is 0 Å². The Labute approximate surface area is 75.0 Å². The van der Waals surface area contributed by atoms with E-state index in [1.54, 1.807) is 0 Å². The Hall–Kier alpha value is -0.550. The molecule has 2 nitrogen and oxygen atoms in total. The normalized spacial score (nSPS) is 36.7. The Morgan fingerprint density at radius 3 is 2.58 bits per heavy atom. The lowest BCUT2D eigenvalue weighted by atomic mass is 9.70. The summed E-state index contributed by atoms with van der Waals surface area (Å²) in [4.78, 5) is 0. The third kappa shape index (κ3) is 1.78. The zero-order valence-corrected chi connectivity index (χ0v) is 8.22. The van der Waals surface area contributed by atoms with Crippen molar-refractivity contribution in [2.24, 2.45) is 5.92 Å². The van der Waals surface area contributed by atoms with Crippen molar-refractivity contribution in [2.45, 2.75) is 51.6 Å². The van der Waals surface area contributed by atoms with Crippen LogP contribution in [0, 0.1) is 17.2 Å². The van der Waals surface area contributed by atoms with Crippen molar-refractivity contribution in [3.05, 3.63) is 0 Å². The lowest BCUT2D eigenvalue weighted by Gasteiger charge is -2.43. The molecule has 2 heteroatoms. The highest BCUT2D eigenvalue weighted by molar-refractivity contribution is 5.15. The molecular formula is C10H18N2. The van der Waals surface area contributed by atoms with E-state index in [9.17, 15) is 0 Å². The molecule has 1 atom stereocenters. The molecule has 0 amide bonds. The Morgan fingerprint density at radius 2 is 2.25 bits per heavy atom. The van der Waals surface area contributed by atoms with E-state index < -0.39 is 0 Å². The van der Waals surface area contributed by atoms with Gasteiger partial charge in [0, 0.05) is 6.04 Å². The Bertz CT molecular complexity index is 187. The number of nitriles is 1. The summed E-state index contributed by atoms with van der Waals surface area (Å²) in [6, 6.07) is 2.87. The largest absolute Gasteiger partial charge is 0.297 e. The second kappa shape index (κ2) is 3.45. The fourth-order valence-electron chi connectivity index (χ4n) is 1.95. The predicted octanol–water partition coefficient (Wildman–Crippen LogP) is 2.07. The summed E-state index contributed by atoms with van der Waals surface area (Å²) in [6.07, 6.45) is 3.14. The van der Waals surface area contributed by atoms with E-state index in [0.717, 1.165) is 25.2 Å². The minimum Gasteiger partial charge on any atom is -0.297 e. The predicted molar refractivity (Wildman–Crippen MR) is 49.6 cm³/mol. The van der Waals surface area contributed by atoms with Gasteiger partial charge in [0.2, 0.25) is 0 Å². The van der Waals surface area contributed by atoms with Gasteiger partial charge in [-0.15, -0.1) is 0 Å². The number of nitrogens with zero attached hydrogens (tertiary/aromatic N) is 1. The van der Waals surface area contributed by atoms with Gasteiger partial charge in [-0.25, -0.2) is 0 Å². The van der Waals surface area contributed by atoms with Crippen LogP contribution in [-0.4, -0.2) is 11.6 Å². The third-order valence-electron chi connectivity index (χ3n) is 2.74. The third-order valence-corrected chi connectivity index (χ3v) is 2.74. The van der Waals surface area contributed by atoms with Crippen LogP contribution >= 0.6 is 0 Å². The first-order valence-corrected chi connectivity index (χ1v) is 4.81. The van der Waals surface area contributed by atoms with Gasteiger partial charge < -0.3 is 0 Å². The zero-order valence-electron chi connectivity index (χ0n) is 8.22. The lowest BCUT2D eigenvalue weighted by molar-refractivity contribution is 0.157. The Balaban J connectivity index is 2.44. The molecular weight excluding hydrogens is 148 g/mol. The van der Waals surface area contributed by atoms with Crippen LogP contribution in [0.1, 0.15) is 40.0 Å². The van der Waals surface area contributed by atoms with Crippen molar-refractivity contribution in [1.82, 2.24) is 5.32 Å². The Morgan fingerprint density at radius 1 is 1.67 bits per heavy atom. The molecule has 1 saturated carbocycles. The molecule has 0 aromatic heterocycles. The first-order valence-electron chi connectivity index (χ1n) is 4.81. The molecule has 0 heterocycles. The van der Waals surface area contributed by atoms with Gasteiger partial charge >= 0.3 is 0 Å². The molecule has 1 aliphatic rings. The number of rotatable bonds is 3. The maximum Gasteiger partial charge on any atom is 0.107 e. The summed E-state index contributed by atoms with van der Waals surface area (Å²) >= 11 is 0. The molecule has 1 fully saturated rings. The first-order chi connectivity index (χ1) is 5.62. The fourth-order valence-corrected chi connectivity index (χ4v) is 1.95. The van der Waals surface area contributed by atoms with E-state index in [1.807, 2.05) is 0 Å². The average Bonchev–Trinajstić information content (AvgIpc) is 2.01. The minimum atomic E-state index is -0.186. The van der Waals surface area contributed by atoms with Crippen molar-refractivity contribution in [3.63, 3.8) is 0 Å². The summed E-state index contributed by atoms with van der Waals surface area (Å²) in [5.41, 5.74) is -0.186. The second-order valence-corrected chi connectivity index (χ2v) is 4.16. The highest BCUT2D eigenvalue weighted by atomic mass is 15.0. The molecule has 12 heavy (non-hydrogen) atoms. The van der Waals surface area contributed by atoms with Gasteiger partial charge in [-0.3, -0.25) is 5.32 Å². The molecule has 0 radical (unpaired) electrons. The van der Waals surface area contributed by atoms with Gasteiger partial charge in [-0.2, -0.15) is 5.26 Å². The van der Waals surface area contributed by atoms with E-state index in [1.165, 1.54) is 0 Å². The van der Waals surface area contributed by atoms with Crippen LogP contribution in [0.5, 0.6) is 0 Å². The van der Waals surface area contributed by atoms with Gasteiger partial charge in [-0.05, 0) is 32.1 Å². The van der Waals surface area contributed by atoms with Gasteiger partial charge in [0.25, 0.3) is 0 Å². The molecule has 0 saturated heterocycles. The van der Waals surface area contributed by atoms with Gasteiger partial charge in [0.1, 0.15) is 5.54 Å². The summed E-state index contributed by atoms with van der Waals surface area (Å²) in [5, 5.41) is 12.4. The van der Waals surface area contributed by atoms with Crippen LogP contribution in [0.15, 0.2) is 0 Å². The summed E-state index contributed by atoms with van der Waals surface area (Å²) < 4.78 is 0. The van der Waals surface area contributed by atoms with Crippen LogP contribution in [-0.2, 0) is 0 Å². The smallest absolute Gasteiger partial charge is 0.107 e. The molecule has 0 aliphatic heterocycles. The molecule has 0 aromatic rings. The fraction of sp³-hybridized carbons (Fsp3) is 0.900. The van der Waals surface area contributed by atoms with Crippen molar-refractivity contribution >= 4 is 0 Å². The quantitative estimate of drug-likeness (QED) is 0.696. The molecule has 0 bridgehead atoms. The van der Waals surface area contributed by atoms with Crippen molar-refractivity contribution in [3.8, 4) is 6.07 Å². The molecule has 0 aromatic carbocycles. The second-order valence-electron chi connectivity index (χ2n) is 4.16. The number of nitrogens with one attached hydrogen (secondary N) is 1. The van der Waals surface area contributed by atoms with Crippen molar-refractivity contribution in [2.75, 3.05) is 0 Å². The number of hydrogen-bond acceptors (Lipinski definition) is 2. The summed E-state index contributed by atoms with van der Waals surface area (Å²) in [7, 11) is 0. The SMILES string of the molecule is CCC(C)NC1(C#N)CC(C)C1. The van der Waals surface area contributed by atoms with E-state index in [-0.39, 0.29) is 5.54 Å². The van der Waals surface area contributed by atoms with Crippen LogP contribution in [0.25, 0.3) is 0 Å². The van der Waals surface area contributed by atoms with Gasteiger partial charge in [0.05, 0.1) is 6.07 Å². The highest BCUT2D eigenvalue weighted by Crippen LogP contribution is 2.37. The molecule has 1 aliphatic carbocycles. The molecule has 1 unspecified atom stereocenters. The molecule has 0 spiro atoms. The minimum absolute atomic E-state index is 0.186. The van der Waals surface area contributed by atoms with Gasteiger partial charge in [0.15, 0.2) is 0 Å². The summed E-state index contributed by atoms with van der Waals surface area (Å²) in [5.74, 6) is 0.723. The van der Waals surface area contributed by atoms with E-state index in [4.69, 9.17) is 5.26 Å². The molecule has 1 rings (SSSR count). The monoisotopic (exact) mass is 166 g/mol. The standard InChI is InChI=1S/C10H18N2/c1-4-9(3)12-10(7-11)5-8(2)6-10/h8-9,12H,4-6H2,1-3H3. The summed E-state index contributed by atoms with van der Waals surface area (Å²) in [6.45, 7) is 6.49. The zero-order chi connectivity index (χ0) is 9.19.